The van der Waals surface area contributed by atoms with E-state index in [-0.39, 0.29) is 18.4 Å². The number of hydrogen-bond donors (Lipinski definition) is 1. The number of carbonyl (C=O) groups is 1. The van der Waals surface area contributed by atoms with Gasteiger partial charge in [0.15, 0.2) is 11.6 Å². The molecule has 0 spiro atoms. The Labute approximate surface area is 227 Å². The lowest BCUT2D eigenvalue weighted by Crippen LogP contribution is -2.38. The molecule has 0 aliphatic carbocycles. The van der Waals surface area contributed by atoms with Gasteiger partial charge in [0.25, 0.3) is 0 Å². The quantitative estimate of drug-likeness (QED) is 0.272. The molecule has 0 radical (unpaired) electrons. The minimum absolute atomic E-state index is 0.149. The first-order valence-corrected chi connectivity index (χ1v) is 14.6. The van der Waals surface area contributed by atoms with Crippen molar-refractivity contribution in [3.05, 3.63) is 35.8 Å². The maximum Gasteiger partial charge on any atom is 0.306 e. The van der Waals surface area contributed by atoms with E-state index in [2.05, 4.69) is 29.1 Å². The van der Waals surface area contributed by atoms with Gasteiger partial charge in [-0.05, 0) is 50.5 Å². The van der Waals surface area contributed by atoms with Crippen LogP contribution in [0.5, 0.6) is 5.75 Å². The molecule has 0 bridgehead atoms. The number of nitrogens with zero attached hydrogens (tertiary/aromatic N) is 3. The van der Waals surface area contributed by atoms with E-state index in [0.29, 0.717) is 61.8 Å². The van der Waals surface area contributed by atoms with Crippen LogP contribution in [0.15, 0.2) is 24.3 Å². The molecule has 2 aliphatic heterocycles. The number of carbonyl (C=O) groups excluding carboxylic acids is 1. The summed E-state index contributed by atoms with van der Waals surface area (Å²) in [4.78, 5) is 23.1. The summed E-state index contributed by atoms with van der Waals surface area (Å²) in [5, 5.41) is 3.26. The van der Waals surface area contributed by atoms with E-state index in [9.17, 15) is 4.79 Å². The highest BCUT2D eigenvalue weighted by molar-refractivity contribution is 5.76. The number of alkyl halides is 2. The number of likely N-dealkylation sites (tertiary alicyclic amines) is 1. The van der Waals surface area contributed by atoms with Crippen LogP contribution in [0, 0.1) is 5.92 Å². The molecule has 0 aromatic carbocycles. The first kappa shape index (κ1) is 30.0. The van der Waals surface area contributed by atoms with Crippen molar-refractivity contribution in [1.29, 1.82) is 0 Å². The number of nitrogens with one attached hydrogen (secondary N) is 1. The van der Waals surface area contributed by atoms with Crippen LogP contribution in [0.1, 0.15) is 103 Å². The Bertz CT molecular complexity index is 950. The Balaban J connectivity index is 1.65. The maximum absolute atomic E-state index is 15.4. The van der Waals surface area contributed by atoms with E-state index in [4.69, 9.17) is 4.74 Å². The van der Waals surface area contributed by atoms with E-state index in [0.717, 1.165) is 51.6 Å². The normalized spacial score (nSPS) is 21.4. The Morgan fingerprint density at radius 1 is 1.16 bits per heavy atom. The Kier molecular flexibility index (Phi) is 12.0. The van der Waals surface area contributed by atoms with Crippen LogP contribution in [-0.2, 0) is 17.1 Å². The van der Waals surface area contributed by atoms with Crippen LogP contribution in [0.25, 0.3) is 0 Å². The van der Waals surface area contributed by atoms with Gasteiger partial charge in [-0.3, -0.25) is 4.79 Å². The van der Waals surface area contributed by atoms with Gasteiger partial charge >= 0.3 is 5.92 Å². The molecule has 8 heteroatoms. The molecule has 0 saturated carbocycles. The van der Waals surface area contributed by atoms with Gasteiger partial charge in [-0.15, -0.1) is 0 Å². The topological polar surface area (TPSA) is 67.4 Å². The Hall–Kier alpha value is -2.51. The van der Waals surface area contributed by atoms with Gasteiger partial charge in [0.1, 0.15) is 6.10 Å². The highest BCUT2D eigenvalue weighted by Gasteiger charge is 2.36. The summed E-state index contributed by atoms with van der Waals surface area (Å²) in [6.45, 7) is 8.59. The predicted molar refractivity (Wildman–Crippen MR) is 149 cm³/mol. The molecule has 2 unspecified atom stereocenters. The zero-order valence-electron chi connectivity index (χ0n) is 23.5. The van der Waals surface area contributed by atoms with Crippen molar-refractivity contribution in [2.45, 2.75) is 110 Å². The maximum atomic E-state index is 15.4. The molecular formula is C30H46F2N4O2. The lowest BCUT2D eigenvalue weighted by molar-refractivity contribution is -0.133. The number of piperidine rings is 1. The lowest BCUT2D eigenvalue weighted by atomic mass is 9.99. The first-order chi connectivity index (χ1) is 18.3. The zero-order valence-corrected chi connectivity index (χ0v) is 23.5. The van der Waals surface area contributed by atoms with Gasteiger partial charge in [-0.25, -0.2) is 9.97 Å². The summed E-state index contributed by atoms with van der Waals surface area (Å²) in [6.07, 6.45) is 15.5. The van der Waals surface area contributed by atoms with Gasteiger partial charge in [0.2, 0.25) is 11.7 Å². The van der Waals surface area contributed by atoms with Crippen molar-refractivity contribution in [2.75, 3.05) is 25.0 Å². The Morgan fingerprint density at radius 2 is 2.00 bits per heavy atom. The van der Waals surface area contributed by atoms with Crippen molar-refractivity contribution in [3.63, 3.8) is 0 Å². The molecule has 1 aromatic heterocycles. The van der Waals surface area contributed by atoms with Gasteiger partial charge in [0, 0.05) is 38.9 Å². The Morgan fingerprint density at radius 3 is 2.76 bits per heavy atom. The molecule has 1 fully saturated rings. The monoisotopic (exact) mass is 532 g/mol. The number of fused-ring (bicyclic) bond motifs is 1. The van der Waals surface area contributed by atoms with Gasteiger partial charge in [0.05, 0.1) is 5.69 Å². The van der Waals surface area contributed by atoms with E-state index < -0.39 is 11.7 Å². The average molecular weight is 533 g/mol. The molecule has 2 aliphatic rings. The molecule has 1 amide bonds. The summed E-state index contributed by atoms with van der Waals surface area (Å²) in [6, 6.07) is 0. The smallest absolute Gasteiger partial charge is 0.306 e. The molecule has 3 rings (SSSR count). The summed E-state index contributed by atoms with van der Waals surface area (Å²) in [5.74, 6) is -2.11. The second kappa shape index (κ2) is 15.2. The van der Waals surface area contributed by atoms with Crippen LogP contribution in [0.2, 0.25) is 0 Å². The molecular weight excluding hydrogens is 486 g/mol. The minimum Gasteiger partial charge on any atom is -0.481 e. The number of allylic oxidation sites excluding steroid dienone is 3. The standard InChI is InChI=1S/C30H46F2N4O2/c1-4-6-13-20-33-28-27-25(17-10-7-9-16-24(5-2)38-27)34-29(35-28)30(31,32)19-12-8-11-18-26(37)36-21-14-15-23(3)22-36/h7,9-10,16,23-24H,4-6,8,11-15,17-22H2,1-3H3,(H,33,34,35)/b10-7-,16-9-. The molecule has 212 valence electrons. The number of amides is 1. The van der Waals surface area contributed by atoms with E-state index in [1.54, 1.807) is 0 Å². The summed E-state index contributed by atoms with van der Waals surface area (Å²) in [5.41, 5.74) is 0.479. The molecule has 3 heterocycles. The fourth-order valence-electron chi connectivity index (χ4n) is 4.97. The number of anilines is 1. The van der Waals surface area contributed by atoms with Crippen LogP contribution < -0.4 is 10.1 Å². The summed E-state index contributed by atoms with van der Waals surface area (Å²) < 4.78 is 37.0. The van der Waals surface area contributed by atoms with Crippen LogP contribution in [0.3, 0.4) is 0 Å². The van der Waals surface area contributed by atoms with Crippen molar-refractivity contribution >= 4 is 11.7 Å². The molecule has 1 saturated heterocycles. The largest absolute Gasteiger partial charge is 0.481 e. The van der Waals surface area contributed by atoms with E-state index >= 15 is 8.78 Å². The third-order valence-corrected chi connectivity index (χ3v) is 7.28. The highest BCUT2D eigenvalue weighted by atomic mass is 19.3. The zero-order chi connectivity index (χ0) is 27.4. The van der Waals surface area contributed by atoms with Crippen molar-refractivity contribution in [3.8, 4) is 5.75 Å². The predicted octanol–water partition coefficient (Wildman–Crippen LogP) is 7.21. The van der Waals surface area contributed by atoms with Crippen molar-refractivity contribution in [2.24, 2.45) is 5.92 Å². The number of unbranched alkanes of at least 4 members (excludes halogenated alkanes) is 4. The second-order valence-corrected chi connectivity index (χ2v) is 10.7. The molecule has 38 heavy (non-hydrogen) atoms. The molecule has 6 nitrogen and oxygen atoms in total. The number of hydrogen-bond acceptors (Lipinski definition) is 5. The van der Waals surface area contributed by atoms with Gasteiger partial charge in [-0.2, -0.15) is 8.78 Å². The molecule has 2 atom stereocenters. The minimum atomic E-state index is -3.16. The number of ether oxygens (including phenoxy) is 1. The van der Waals surface area contributed by atoms with E-state index in [1.807, 2.05) is 36.1 Å². The van der Waals surface area contributed by atoms with Crippen molar-refractivity contribution in [1.82, 2.24) is 14.9 Å². The molecule has 1 N–H and O–H groups in total. The van der Waals surface area contributed by atoms with Crippen LogP contribution in [-0.4, -0.2) is 46.5 Å². The number of aromatic nitrogens is 2. The van der Waals surface area contributed by atoms with Crippen molar-refractivity contribution < 1.29 is 18.3 Å². The summed E-state index contributed by atoms with van der Waals surface area (Å²) in [7, 11) is 0. The third kappa shape index (κ3) is 9.05. The van der Waals surface area contributed by atoms with Gasteiger partial charge in [-0.1, -0.05) is 58.3 Å². The van der Waals surface area contributed by atoms with Gasteiger partial charge < -0.3 is 15.0 Å². The van der Waals surface area contributed by atoms with Crippen LogP contribution >= 0.6 is 0 Å². The first-order valence-electron chi connectivity index (χ1n) is 14.6. The second-order valence-electron chi connectivity index (χ2n) is 10.7. The lowest BCUT2D eigenvalue weighted by Gasteiger charge is -2.31. The fourth-order valence-corrected chi connectivity index (χ4v) is 4.97. The average Bonchev–Trinajstić information content (AvgIpc) is 3.00. The van der Waals surface area contributed by atoms with Crippen LogP contribution in [0.4, 0.5) is 14.6 Å². The fraction of sp³-hybridized carbons (Fsp3) is 0.700. The summed E-state index contributed by atoms with van der Waals surface area (Å²) >= 11 is 0. The number of rotatable bonds is 13. The highest BCUT2D eigenvalue weighted by Crippen LogP contribution is 2.37. The molecule has 1 aromatic rings. The SMILES string of the molecule is CCCCCNc1nc(C(F)(F)CCCCCC(=O)N2CCCC(C)C2)nc2c1OC(CC)/C=C\C=C/C2. The van der Waals surface area contributed by atoms with E-state index in [1.165, 1.54) is 0 Å². The third-order valence-electron chi connectivity index (χ3n) is 7.28. The number of halogens is 2.